The standard InChI is InChI=1S/C21H20ClNO2/c1-2-25-21(24)17-11-6-10-15-13-8-5-9-14(13)19(23-20(15)17)16-7-3-4-12-18(16)22/h3-8,10-14,19,23H,2,9H2,1H3/t13-,14-,19-/m0/s1. The van der Waals surface area contributed by atoms with Gasteiger partial charge in [-0.05, 0) is 42.5 Å². The molecule has 0 fully saturated rings. The summed E-state index contributed by atoms with van der Waals surface area (Å²) in [5, 5.41) is 4.36. The lowest BCUT2D eigenvalue weighted by Gasteiger charge is -2.38. The molecule has 1 N–H and O–H groups in total. The highest BCUT2D eigenvalue weighted by Gasteiger charge is 2.39. The van der Waals surface area contributed by atoms with Crippen molar-refractivity contribution in [2.45, 2.75) is 25.3 Å². The van der Waals surface area contributed by atoms with E-state index in [0.717, 1.165) is 28.3 Å². The molecule has 1 aliphatic carbocycles. The van der Waals surface area contributed by atoms with E-state index in [-0.39, 0.29) is 17.9 Å². The summed E-state index contributed by atoms with van der Waals surface area (Å²) >= 11 is 6.48. The Labute approximate surface area is 152 Å². The molecule has 4 heteroatoms. The monoisotopic (exact) mass is 353 g/mol. The van der Waals surface area contributed by atoms with Gasteiger partial charge in [0.2, 0.25) is 0 Å². The summed E-state index contributed by atoms with van der Waals surface area (Å²) in [6.07, 6.45) is 5.48. The quantitative estimate of drug-likeness (QED) is 0.597. The zero-order valence-corrected chi connectivity index (χ0v) is 14.8. The highest BCUT2D eigenvalue weighted by Crippen LogP contribution is 2.51. The molecule has 0 spiro atoms. The second kappa shape index (κ2) is 6.57. The molecule has 0 radical (unpaired) electrons. The number of carbonyl (C=O) groups is 1. The average molecular weight is 354 g/mol. The van der Waals surface area contributed by atoms with Gasteiger partial charge in [-0.15, -0.1) is 0 Å². The third-order valence-electron chi connectivity index (χ3n) is 5.13. The minimum Gasteiger partial charge on any atom is -0.462 e. The van der Waals surface area contributed by atoms with Crippen molar-refractivity contribution in [3.63, 3.8) is 0 Å². The van der Waals surface area contributed by atoms with Gasteiger partial charge < -0.3 is 10.1 Å². The molecule has 4 rings (SSSR count). The Balaban J connectivity index is 1.82. The van der Waals surface area contributed by atoms with Crippen LogP contribution in [0.2, 0.25) is 5.02 Å². The van der Waals surface area contributed by atoms with Crippen LogP contribution in [0.1, 0.15) is 46.8 Å². The number of ether oxygens (including phenoxy) is 1. The van der Waals surface area contributed by atoms with Gasteiger partial charge in [-0.2, -0.15) is 0 Å². The summed E-state index contributed by atoms with van der Waals surface area (Å²) in [5.74, 6) is 0.391. The maximum atomic E-state index is 12.4. The molecule has 2 aliphatic rings. The van der Waals surface area contributed by atoms with E-state index in [0.29, 0.717) is 18.1 Å². The Morgan fingerprint density at radius 2 is 2.00 bits per heavy atom. The van der Waals surface area contributed by atoms with Crippen LogP contribution in [0.3, 0.4) is 0 Å². The highest BCUT2D eigenvalue weighted by atomic mass is 35.5. The van der Waals surface area contributed by atoms with Gasteiger partial charge in [-0.1, -0.05) is 54.1 Å². The van der Waals surface area contributed by atoms with Crippen molar-refractivity contribution in [1.29, 1.82) is 0 Å². The van der Waals surface area contributed by atoms with E-state index in [9.17, 15) is 4.79 Å². The molecule has 25 heavy (non-hydrogen) atoms. The molecule has 0 saturated carbocycles. The molecule has 128 valence electrons. The van der Waals surface area contributed by atoms with Gasteiger partial charge in [0.25, 0.3) is 0 Å². The fourth-order valence-electron chi connectivity index (χ4n) is 4.04. The van der Waals surface area contributed by atoms with Crippen molar-refractivity contribution in [1.82, 2.24) is 0 Å². The Bertz CT molecular complexity index is 846. The lowest BCUT2D eigenvalue weighted by atomic mass is 9.76. The molecule has 0 unspecified atom stereocenters. The number of hydrogen-bond acceptors (Lipinski definition) is 3. The number of rotatable bonds is 3. The Kier molecular flexibility index (Phi) is 4.26. The Hall–Kier alpha value is -2.26. The summed E-state index contributed by atoms with van der Waals surface area (Å²) in [6, 6.07) is 13.9. The van der Waals surface area contributed by atoms with Crippen LogP contribution in [0.15, 0.2) is 54.6 Å². The van der Waals surface area contributed by atoms with Crippen LogP contribution < -0.4 is 5.32 Å². The van der Waals surface area contributed by atoms with Crippen LogP contribution in [0.5, 0.6) is 0 Å². The number of allylic oxidation sites excluding steroid dienone is 2. The van der Waals surface area contributed by atoms with E-state index in [1.165, 1.54) is 0 Å². The van der Waals surface area contributed by atoms with Crippen molar-refractivity contribution in [3.8, 4) is 0 Å². The summed E-state index contributed by atoms with van der Waals surface area (Å²) in [5.41, 5.74) is 3.70. The van der Waals surface area contributed by atoms with Crippen LogP contribution in [-0.2, 0) is 4.74 Å². The van der Waals surface area contributed by atoms with Crippen LogP contribution in [-0.4, -0.2) is 12.6 Å². The highest BCUT2D eigenvalue weighted by molar-refractivity contribution is 6.31. The smallest absolute Gasteiger partial charge is 0.340 e. The number of hydrogen-bond donors (Lipinski definition) is 1. The number of benzene rings is 2. The first-order chi connectivity index (χ1) is 12.2. The van der Waals surface area contributed by atoms with Gasteiger partial charge in [-0.25, -0.2) is 4.79 Å². The van der Waals surface area contributed by atoms with Gasteiger partial charge in [0, 0.05) is 10.9 Å². The average Bonchev–Trinajstić information content (AvgIpc) is 3.11. The molecule has 0 amide bonds. The molecule has 1 aliphatic heterocycles. The first-order valence-electron chi connectivity index (χ1n) is 8.68. The maximum absolute atomic E-state index is 12.4. The minimum absolute atomic E-state index is 0.0665. The molecular weight excluding hydrogens is 334 g/mol. The van der Waals surface area contributed by atoms with Crippen LogP contribution in [0, 0.1) is 5.92 Å². The SMILES string of the molecule is CCOC(=O)c1cccc2c1N[C@H](c1ccccc1Cl)[C@H]1CC=C[C@H]21. The van der Waals surface area contributed by atoms with Crippen molar-refractivity contribution in [2.75, 3.05) is 11.9 Å². The largest absolute Gasteiger partial charge is 0.462 e. The molecular formula is C21H20ClNO2. The fourth-order valence-corrected chi connectivity index (χ4v) is 4.29. The predicted octanol–water partition coefficient (Wildman–Crippen LogP) is 5.34. The van der Waals surface area contributed by atoms with Gasteiger partial charge >= 0.3 is 5.97 Å². The summed E-state index contributed by atoms with van der Waals surface area (Å²) in [4.78, 5) is 12.4. The maximum Gasteiger partial charge on any atom is 0.340 e. The van der Waals surface area contributed by atoms with Gasteiger partial charge in [0.1, 0.15) is 0 Å². The second-order valence-electron chi connectivity index (χ2n) is 6.49. The van der Waals surface area contributed by atoms with Crippen LogP contribution >= 0.6 is 11.6 Å². The summed E-state index contributed by atoms with van der Waals surface area (Å²) < 4.78 is 5.25. The number of anilines is 1. The van der Waals surface area contributed by atoms with E-state index < -0.39 is 0 Å². The lowest BCUT2D eigenvalue weighted by molar-refractivity contribution is 0.0527. The van der Waals surface area contributed by atoms with Crippen molar-refractivity contribution in [3.05, 3.63) is 76.3 Å². The molecule has 1 heterocycles. The number of esters is 1. The van der Waals surface area contributed by atoms with E-state index >= 15 is 0 Å². The second-order valence-corrected chi connectivity index (χ2v) is 6.89. The molecule has 0 aromatic heterocycles. The number of carbonyl (C=O) groups excluding carboxylic acids is 1. The molecule has 3 nitrogen and oxygen atoms in total. The number of nitrogens with one attached hydrogen (secondary N) is 1. The normalized spacial score (nSPS) is 23.5. The Morgan fingerprint density at radius 1 is 1.20 bits per heavy atom. The van der Waals surface area contributed by atoms with Crippen LogP contribution in [0.25, 0.3) is 0 Å². The van der Waals surface area contributed by atoms with E-state index in [2.05, 4.69) is 29.6 Å². The topological polar surface area (TPSA) is 38.3 Å². The number of halogens is 1. The van der Waals surface area contributed by atoms with E-state index in [1.807, 2.05) is 37.3 Å². The number of para-hydroxylation sites is 1. The van der Waals surface area contributed by atoms with Crippen molar-refractivity contribution >= 4 is 23.3 Å². The van der Waals surface area contributed by atoms with E-state index in [4.69, 9.17) is 16.3 Å². The van der Waals surface area contributed by atoms with Crippen molar-refractivity contribution in [2.24, 2.45) is 5.92 Å². The first kappa shape index (κ1) is 16.2. The molecule has 0 saturated heterocycles. The first-order valence-corrected chi connectivity index (χ1v) is 9.06. The van der Waals surface area contributed by atoms with Crippen molar-refractivity contribution < 1.29 is 9.53 Å². The zero-order chi connectivity index (χ0) is 17.4. The zero-order valence-electron chi connectivity index (χ0n) is 14.0. The Morgan fingerprint density at radius 3 is 2.80 bits per heavy atom. The lowest BCUT2D eigenvalue weighted by Crippen LogP contribution is -2.30. The van der Waals surface area contributed by atoms with E-state index in [1.54, 1.807) is 0 Å². The van der Waals surface area contributed by atoms with Crippen LogP contribution in [0.4, 0.5) is 5.69 Å². The fraction of sp³-hybridized carbons (Fsp3) is 0.286. The third-order valence-corrected chi connectivity index (χ3v) is 5.48. The van der Waals surface area contributed by atoms with Gasteiger partial charge in [0.15, 0.2) is 0 Å². The number of fused-ring (bicyclic) bond motifs is 3. The molecule has 2 aromatic carbocycles. The minimum atomic E-state index is -0.287. The summed E-state index contributed by atoms with van der Waals surface area (Å²) in [7, 11) is 0. The molecule has 0 bridgehead atoms. The predicted molar refractivity (Wildman–Crippen MR) is 100 cm³/mol. The third kappa shape index (κ3) is 2.73. The molecule has 2 aromatic rings. The van der Waals surface area contributed by atoms with Gasteiger partial charge in [-0.3, -0.25) is 0 Å². The molecule has 3 atom stereocenters. The van der Waals surface area contributed by atoms with Gasteiger partial charge in [0.05, 0.1) is 23.9 Å². The summed E-state index contributed by atoms with van der Waals surface area (Å²) in [6.45, 7) is 2.19.